The second-order valence-electron chi connectivity index (χ2n) is 3.42. The third-order valence-electron chi connectivity index (χ3n) is 2.19. The fourth-order valence-electron chi connectivity index (χ4n) is 1.29. The minimum absolute atomic E-state index is 0.00749. The van der Waals surface area contributed by atoms with Gasteiger partial charge in [-0.25, -0.2) is 4.98 Å². The Morgan fingerprint density at radius 1 is 1.39 bits per heavy atom. The van der Waals surface area contributed by atoms with Crippen LogP contribution in [-0.2, 0) is 14.3 Å². The zero-order valence-corrected chi connectivity index (χ0v) is 10.9. The summed E-state index contributed by atoms with van der Waals surface area (Å²) in [6, 6.07) is 3.16. The van der Waals surface area contributed by atoms with E-state index < -0.39 is 17.9 Å². The fraction of sp³-hybridized carbons (Fsp3) is 0.417. The number of hydrogen-bond acceptors (Lipinski definition) is 5. The van der Waals surface area contributed by atoms with Crippen molar-refractivity contribution in [2.24, 2.45) is 5.92 Å². The molecular formula is C12H14ClNO4. The first-order valence-electron chi connectivity index (χ1n) is 5.59. The maximum absolute atomic E-state index is 11.8. The number of halogens is 1. The Morgan fingerprint density at radius 2 is 2.11 bits per heavy atom. The SMILES string of the molecule is CCOC(=O)C(CC)C(=O)Oc1ncccc1Cl. The van der Waals surface area contributed by atoms with E-state index in [0.717, 1.165) is 0 Å². The smallest absolute Gasteiger partial charge is 0.327 e. The molecule has 0 spiro atoms. The molecule has 0 saturated heterocycles. The predicted octanol–water partition coefficient (Wildman–Crippen LogP) is 2.23. The van der Waals surface area contributed by atoms with Crippen molar-refractivity contribution < 1.29 is 19.1 Å². The maximum atomic E-state index is 11.8. The van der Waals surface area contributed by atoms with Crippen LogP contribution in [0.5, 0.6) is 5.88 Å². The van der Waals surface area contributed by atoms with Gasteiger partial charge in [0, 0.05) is 6.20 Å². The molecule has 0 aromatic carbocycles. The van der Waals surface area contributed by atoms with E-state index in [2.05, 4.69) is 4.98 Å². The number of carbonyl (C=O) groups is 2. The summed E-state index contributed by atoms with van der Waals surface area (Å²) < 4.78 is 9.77. The molecule has 0 amide bonds. The van der Waals surface area contributed by atoms with Crippen LogP contribution >= 0.6 is 11.6 Å². The molecule has 1 rings (SSSR count). The summed E-state index contributed by atoms with van der Waals surface area (Å²) in [7, 11) is 0. The lowest BCUT2D eigenvalue weighted by molar-refractivity contribution is -0.157. The first kappa shape index (κ1) is 14.4. The molecule has 1 aromatic heterocycles. The van der Waals surface area contributed by atoms with Gasteiger partial charge in [0.15, 0.2) is 5.92 Å². The van der Waals surface area contributed by atoms with Crippen LogP contribution in [0.3, 0.4) is 0 Å². The highest BCUT2D eigenvalue weighted by molar-refractivity contribution is 6.31. The molecule has 0 N–H and O–H groups in total. The van der Waals surface area contributed by atoms with Crippen LogP contribution < -0.4 is 4.74 Å². The Bertz CT molecular complexity index is 436. The van der Waals surface area contributed by atoms with Crippen LogP contribution in [0.25, 0.3) is 0 Å². The molecule has 98 valence electrons. The fourth-order valence-corrected chi connectivity index (χ4v) is 1.45. The number of aromatic nitrogens is 1. The third-order valence-corrected chi connectivity index (χ3v) is 2.47. The summed E-state index contributed by atoms with van der Waals surface area (Å²) in [4.78, 5) is 27.1. The van der Waals surface area contributed by atoms with Gasteiger partial charge in [0.25, 0.3) is 0 Å². The van der Waals surface area contributed by atoms with Crippen LogP contribution in [0.15, 0.2) is 18.3 Å². The molecule has 1 atom stereocenters. The van der Waals surface area contributed by atoms with Crippen molar-refractivity contribution in [2.45, 2.75) is 20.3 Å². The molecular weight excluding hydrogens is 258 g/mol. The molecule has 1 heterocycles. The Balaban J connectivity index is 2.74. The third kappa shape index (κ3) is 3.70. The molecule has 5 nitrogen and oxygen atoms in total. The zero-order chi connectivity index (χ0) is 13.5. The molecule has 0 aliphatic rings. The highest BCUT2D eigenvalue weighted by Crippen LogP contribution is 2.21. The second kappa shape index (κ2) is 6.96. The number of esters is 2. The normalized spacial score (nSPS) is 11.7. The largest absolute Gasteiger partial charge is 0.465 e. The van der Waals surface area contributed by atoms with Crippen molar-refractivity contribution in [1.82, 2.24) is 4.98 Å². The molecule has 0 aliphatic heterocycles. The summed E-state index contributed by atoms with van der Waals surface area (Å²) in [6.45, 7) is 3.58. The van der Waals surface area contributed by atoms with E-state index in [9.17, 15) is 9.59 Å². The average Bonchev–Trinajstić information content (AvgIpc) is 2.33. The number of hydrogen-bond donors (Lipinski definition) is 0. The molecule has 6 heteroatoms. The number of pyridine rings is 1. The van der Waals surface area contributed by atoms with Crippen LogP contribution in [0.4, 0.5) is 0 Å². The van der Waals surface area contributed by atoms with Crippen molar-refractivity contribution >= 4 is 23.5 Å². The first-order chi connectivity index (χ1) is 8.60. The highest BCUT2D eigenvalue weighted by atomic mass is 35.5. The van der Waals surface area contributed by atoms with Crippen molar-refractivity contribution in [1.29, 1.82) is 0 Å². The van der Waals surface area contributed by atoms with Gasteiger partial charge < -0.3 is 9.47 Å². The van der Waals surface area contributed by atoms with Crippen LogP contribution in [0, 0.1) is 5.92 Å². The van der Waals surface area contributed by atoms with Crippen molar-refractivity contribution in [3.8, 4) is 5.88 Å². The molecule has 0 aliphatic carbocycles. The lowest BCUT2D eigenvalue weighted by Crippen LogP contribution is -2.29. The van der Waals surface area contributed by atoms with Gasteiger partial charge in [0.2, 0.25) is 5.88 Å². The zero-order valence-electron chi connectivity index (χ0n) is 10.2. The Kier molecular flexibility index (Phi) is 5.58. The number of carbonyl (C=O) groups excluding carboxylic acids is 2. The van der Waals surface area contributed by atoms with E-state index in [1.54, 1.807) is 26.0 Å². The second-order valence-corrected chi connectivity index (χ2v) is 3.83. The Labute approximate surface area is 110 Å². The van der Waals surface area contributed by atoms with E-state index in [0.29, 0.717) is 6.42 Å². The van der Waals surface area contributed by atoms with Gasteiger partial charge in [0.05, 0.1) is 6.61 Å². The van der Waals surface area contributed by atoms with Gasteiger partial charge in [-0.1, -0.05) is 18.5 Å². The van der Waals surface area contributed by atoms with Gasteiger partial charge in [-0.2, -0.15) is 0 Å². The van der Waals surface area contributed by atoms with Gasteiger partial charge in [-0.05, 0) is 25.5 Å². The molecule has 1 aromatic rings. The topological polar surface area (TPSA) is 65.5 Å². The molecule has 1 unspecified atom stereocenters. The quantitative estimate of drug-likeness (QED) is 0.607. The highest BCUT2D eigenvalue weighted by Gasteiger charge is 2.28. The summed E-state index contributed by atoms with van der Waals surface area (Å²) in [5, 5.41) is 0.213. The predicted molar refractivity (Wildman–Crippen MR) is 65.3 cm³/mol. The lowest BCUT2D eigenvalue weighted by atomic mass is 10.1. The molecule has 0 fully saturated rings. The van der Waals surface area contributed by atoms with Crippen molar-refractivity contribution in [3.05, 3.63) is 23.4 Å². The van der Waals surface area contributed by atoms with Gasteiger partial charge in [0.1, 0.15) is 5.02 Å². The molecule has 18 heavy (non-hydrogen) atoms. The summed E-state index contributed by atoms with van der Waals surface area (Å²) in [5.41, 5.74) is 0. The molecule has 0 saturated carbocycles. The number of ether oxygens (including phenoxy) is 2. The van der Waals surface area contributed by atoms with E-state index >= 15 is 0 Å². The van der Waals surface area contributed by atoms with Crippen LogP contribution in [-0.4, -0.2) is 23.5 Å². The van der Waals surface area contributed by atoms with Crippen molar-refractivity contribution in [3.63, 3.8) is 0 Å². The first-order valence-corrected chi connectivity index (χ1v) is 5.96. The van der Waals surface area contributed by atoms with Crippen molar-refractivity contribution in [2.75, 3.05) is 6.61 Å². The summed E-state index contributed by atoms with van der Waals surface area (Å²) >= 11 is 5.80. The van der Waals surface area contributed by atoms with E-state index in [1.807, 2.05) is 0 Å². The lowest BCUT2D eigenvalue weighted by Gasteiger charge is -2.12. The van der Waals surface area contributed by atoms with E-state index in [-0.39, 0.29) is 17.5 Å². The van der Waals surface area contributed by atoms with Gasteiger partial charge in [-0.3, -0.25) is 9.59 Å². The molecule has 0 radical (unpaired) electrons. The van der Waals surface area contributed by atoms with E-state index in [4.69, 9.17) is 21.1 Å². The average molecular weight is 272 g/mol. The standard InChI is InChI=1S/C12H14ClNO4/c1-3-8(11(15)17-4-2)12(16)18-10-9(13)6-5-7-14-10/h5-8H,3-4H2,1-2H3. The molecule has 0 bridgehead atoms. The van der Waals surface area contributed by atoms with Crippen LogP contribution in [0.2, 0.25) is 5.02 Å². The van der Waals surface area contributed by atoms with E-state index in [1.165, 1.54) is 6.20 Å². The summed E-state index contributed by atoms with van der Waals surface area (Å²) in [5.74, 6) is -2.27. The monoisotopic (exact) mass is 271 g/mol. The minimum atomic E-state index is -0.956. The number of rotatable bonds is 5. The van der Waals surface area contributed by atoms with Gasteiger partial charge in [-0.15, -0.1) is 0 Å². The Hall–Kier alpha value is -1.62. The number of nitrogens with zero attached hydrogens (tertiary/aromatic N) is 1. The van der Waals surface area contributed by atoms with Crippen LogP contribution in [0.1, 0.15) is 20.3 Å². The maximum Gasteiger partial charge on any atom is 0.327 e. The summed E-state index contributed by atoms with van der Waals surface area (Å²) in [6.07, 6.45) is 1.74. The Morgan fingerprint density at radius 3 is 2.67 bits per heavy atom. The van der Waals surface area contributed by atoms with Gasteiger partial charge >= 0.3 is 11.9 Å². The minimum Gasteiger partial charge on any atom is -0.465 e.